The lowest BCUT2D eigenvalue weighted by atomic mass is 9.73. The second-order valence-electron chi connectivity index (χ2n) is 5.12. The van der Waals surface area contributed by atoms with E-state index >= 15 is 0 Å². The molecule has 1 fully saturated rings. The van der Waals surface area contributed by atoms with Crippen LogP contribution in [0.2, 0.25) is 0 Å². The van der Waals surface area contributed by atoms with Crippen molar-refractivity contribution in [1.82, 2.24) is 4.98 Å². The van der Waals surface area contributed by atoms with E-state index in [2.05, 4.69) is 4.98 Å². The topological polar surface area (TPSA) is 68.4 Å². The van der Waals surface area contributed by atoms with E-state index < -0.39 is 5.60 Å². The van der Waals surface area contributed by atoms with Gasteiger partial charge in [-0.3, -0.25) is 4.98 Å². The fourth-order valence-electron chi connectivity index (χ4n) is 2.62. The zero-order valence-corrected chi connectivity index (χ0v) is 10.7. The van der Waals surface area contributed by atoms with Crippen LogP contribution in [0.15, 0.2) is 6.20 Å². The van der Waals surface area contributed by atoms with Gasteiger partial charge in [-0.2, -0.15) is 0 Å². The van der Waals surface area contributed by atoms with Gasteiger partial charge in [-0.05, 0) is 26.7 Å². The molecule has 0 aliphatic heterocycles. The van der Waals surface area contributed by atoms with Gasteiger partial charge in [-0.25, -0.2) is 0 Å². The molecule has 2 rings (SSSR count). The van der Waals surface area contributed by atoms with Crippen LogP contribution >= 0.6 is 0 Å². The molecule has 0 atom stereocenters. The van der Waals surface area contributed by atoms with Crippen LogP contribution < -0.4 is 10.5 Å². The number of aryl methyl sites for hydroxylation is 1. The lowest BCUT2D eigenvalue weighted by Crippen LogP contribution is -2.52. The van der Waals surface area contributed by atoms with E-state index in [1.165, 1.54) is 0 Å². The number of nitrogens with zero attached hydrogens (tertiary/aromatic N) is 1. The van der Waals surface area contributed by atoms with Crippen LogP contribution in [0.1, 0.15) is 29.7 Å². The first-order valence-electron chi connectivity index (χ1n) is 5.92. The van der Waals surface area contributed by atoms with Crippen molar-refractivity contribution >= 4 is 0 Å². The number of hydrogen-bond donors (Lipinski definition) is 2. The minimum Gasteiger partial charge on any atom is -0.496 e. The Morgan fingerprint density at radius 3 is 2.71 bits per heavy atom. The Kier molecular flexibility index (Phi) is 3.10. The molecule has 1 aromatic rings. The fourth-order valence-corrected chi connectivity index (χ4v) is 2.62. The summed E-state index contributed by atoms with van der Waals surface area (Å²) in [6.07, 6.45) is 3.67. The van der Waals surface area contributed by atoms with Crippen LogP contribution in [0.5, 0.6) is 5.75 Å². The average Bonchev–Trinajstić information content (AvgIpc) is 2.21. The van der Waals surface area contributed by atoms with Gasteiger partial charge in [0.15, 0.2) is 0 Å². The molecule has 0 saturated heterocycles. The maximum absolute atomic E-state index is 10.2. The van der Waals surface area contributed by atoms with Crippen LogP contribution in [-0.2, 0) is 6.42 Å². The van der Waals surface area contributed by atoms with Gasteiger partial charge in [0.2, 0.25) is 0 Å². The summed E-state index contributed by atoms with van der Waals surface area (Å²) in [5, 5.41) is 10.2. The highest BCUT2D eigenvalue weighted by molar-refractivity contribution is 5.41. The van der Waals surface area contributed by atoms with Gasteiger partial charge in [0.1, 0.15) is 5.75 Å². The molecule has 3 N–H and O–H groups in total. The van der Waals surface area contributed by atoms with Crippen LogP contribution in [0, 0.1) is 13.8 Å². The van der Waals surface area contributed by atoms with Crippen molar-refractivity contribution in [1.29, 1.82) is 0 Å². The molecular formula is C13H20N2O2. The number of rotatable bonds is 3. The molecule has 0 spiro atoms. The Morgan fingerprint density at radius 1 is 1.53 bits per heavy atom. The minimum atomic E-state index is -0.669. The molecule has 0 bridgehead atoms. The molecule has 0 unspecified atom stereocenters. The zero-order chi connectivity index (χ0) is 12.6. The Labute approximate surface area is 102 Å². The summed E-state index contributed by atoms with van der Waals surface area (Å²) in [6.45, 7) is 3.95. The van der Waals surface area contributed by atoms with Gasteiger partial charge in [0, 0.05) is 35.5 Å². The molecule has 0 radical (unpaired) electrons. The van der Waals surface area contributed by atoms with E-state index in [1.807, 2.05) is 13.8 Å². The van der Waals surface area contributed by atoms with Gasteiger partial charge < -0.3 is 15.6 Å². The van der Waals surface area contributed by atoms with Crippen molar-refractivity contribution in [2.75, 3.05) is 7.11 Å². The fraction of sp³-hybridized carbons (Fsp3) is 0.615. The molecule has 1 aliphatic rings. The van der Waals surface area contributed by atoms with E-state index in [4.69, 9.17) is 10.5 Å². The van der Waals surface area contributed by atoms with Gasteiger partial charge in [0.25, 0.3) is 0 Å². The Hall–Kier alpha value is -1.13. The van der Waals surface area contributed by atoms with E-state index in [0.29, 0.717) is 19.3 Å². The quantitative estimate of drug-likeness (QED) is 0.824. The third-order valence-electron chi connectivity index (χ3n) is 3.53. The largest absolute Gasteiger partial charge is 0.496 e. The molecule has 1 aromatic heterocycles. The molecule has 1 heterocycles. The predicted molar refractivity (Wildman–Crippen MR) is 66.1 cm³/mol. The third kappa shape index (κ3) is 2.28. The van der Waals surface area contributed by atoms with E-state index in [9.17, 15) is 5.11 Å². The van der Waals surface area contributed by atoms with Crippen molar-refractivity contribution in [3.05, 3.63) is 23.0 Å². The lowest BCUT2D eigenvalue weighted by Gasteiger charge is -2.41. The summed E-state index contributed by atoms with van der Waals surface area (Å²) >= 11 is 0. The first-order valence-corrected chi connectivity index (χ1v) is 5.92. The molecule has 0 amide bonds. The number of methoxy groups -OCH3 is 1. The monoisotopic (exact) mass is 236 g/mol. The van der Waals surface area contributed by atoms with Crippen molar-refractivity contribution in [3.8, 4) is 5.75 Å². The first-order chi connectivity index (χ1) is 7.95. The summed E-state index contributed by atoms with van der Waals surface area (Å²) in [7, 11) is 1.66. The van der Waals surface area contributed by atoms with Gasteiger partial charge in [0.05, 0.1) is 12.7 Å². The summed E-state index contributed by atoms with van der Waals surface area (Å²) in [5.74, 6) is 0.863. The molecule has 94 valence electrons. The standard InChI is InChI=1S/C13H20N2O2/c1-8-7-15-11(9(2)12(8)17-3)6-13(16)4-10(14)5-13/h7,10,16H,4-6,14H2,1-3H3. The maximum Gasteiger partial charge on any atom is 0.128 e. The van der Waals surface area contributed by atoms with Crippen molar-refractivity contribution in [3.63, 3.8) is 0 Å². The maximum atomic E-state index is 10.2. The second kappa shape index (κ2) is 4.27. The molecule has 1 saturated carbocycles. The number of hydrogen-bond acceptors (Lipinski definition) is 4. The van der Waals surface area contributed by atoms with E-state index in [1.54, 1.807) is 13.3 Å². The van der Waals surface area contributed by atoms with Gasteiger partial charge in [-0.15, -0.1) is 0 Å². The number of pyridine rings is 1. The molecule has 4 heteroatoms. The van der Waals surface area contributed by atoms with E-state index in [0.717, 1.165) is 22.6 Å². The van der Waals surface area contributed by atoms with Crippen LogP contribution in [0.25, 0.3) is 0 Å². The minimum absolute atomic E-state index is 0.132. The van der Waals surface area contributed by atoms with E-state index in [-0.39, 0.29) is 6.04 Å². The zero-order valence-electron chi connectivity index (χ0n) is 10.7. The Bertz CT molecular complexity index is 426. The smallest absolute Gasteiger partial charge is 0.128 e. The summed E-state index contributed by atoms with van der Waals surface area (Å²) in [4.78, 5) is 4.40. The van der Waals surface area contributed by atoms with Crippen molar-refractivity contribution in [2.45, 2.75) is 44.8 Å². The summed E-state index contributed by atoms with van der Waals surface area (Å²) in [6, 6.07) is 0.132. The lowest BCUT2D eigenvalue weighted by molar-refractivity contribution is -0.0463. The Morgan fingerprint density at radius 2 is 2.18 bits per heavy atom. The SMILES string of the molecule is COc1c(C)cnc(CC2(O)CC(N)C2)c1C. The summed E-state index contributed by atoms with van der Waals surface area (Å²) in [5.41, 5.74) is 7.99. The highest BCUT2D eigenvalue weighted by Gasteiger charge is 2.41. The van der Waals surface area contributed by atoms with Crippen LogP contribution in [0.3, 0.4) is 0 Å². The number of ether oxygens (including phenoxy) is 1. The average molecular weight is 236 g/mol. The highest BCUT2D eigenvalue weighted by atomic mass is 16.5. The third-order valence-corrected chi connectivity index (χ3v) is 3.53. The molecule has 0 aromatic carbocycles. The molecule has 4 nitrogen and oxygen atoms in total. The number of nitrogens with two attached hydrogens (primary N) is 1. The van der Waals surface area contributed by atoms with Gasteiger partial charge >= 0.3 is 0 Å². The predicted octanol–water partition coefficient (Wildman–Crippen LogP) is 1.10. The molecule has 1 aliphatic carbocycles. The molecular weight excluding hydrogens is 216 g/mol. The number of aromatic nitrogens is 1. The van der Waals surface area contributed by atoms with Crippen molar-refractivity contribution in [2.24, 2.45) is 5.73 Å². The molecule has 17 heavy (non-hydrogen) atoms. The van der Waals surface area contributed by atoms with Gasteiger partial charge in [-0.1, -0.05) is 0 Å². The second-order valence-corrected chi connectivity index (χ2v) is 5.12. The Balaban J connectivity index is 2.22. The van der Waals surface area contributed by atoms with Crippen LogP contribution in [-0.4, -0.2) is 28.8 Å². The summed E-state index contributed by atoms with van der Waals surface area (Å²) < 4.78 is 5.36. The first kappa shape index (κ1) is 12.3. The van der Waals surface area contributed by atoms with Crippen LogP contribution in [0.4, 0.5) is 0 Å². The normalized spacial score (nSPS) is 27.7. The van der Waals surface area contributed by atoms with Crippen molar-refractivity contribution < 1.29 is 9.84 Å². The number of aliphatic hydroxyl groups is 1. The highest BCUT2D eigenvalue weighted by Crippen LogP contribution is 2.35.